The summed E-state index contributed by atoms with van der Waals surface area (Å²) in [6.07, 6.45) is 17.2. The first-order valence-corrected chi connectivity index (χ1v) is 44.8. The van der Waals surface area contributed by atoms with Crippen LogP contribution in [0.2, 0.25) is 0 Å². The van der Waals surface area contributed by atoms with E-state index in [4.69, 9.17) is 9.47 Å². The molecule has 5 fully saturated rings. The fraction of sp³-hybridized carbons (Fsp3) is 0.633. The highest BCUT2D eigenvalue weighted by atomic mass is 79.9. The number of thiophene rings is 4. The van der Waals surface area contributed by atoms with Gasteiger partial charge in [0.1, 0.15) is 37.6 Å². The standard InChI is InChI=1S/C29H42N2O4S.C28H40N2O4S.C21H30N2O3S.C12H13BrO2S/c1-7-17-30-18-9-8-10-23(27(30)33)31(26(32)21-13-11-20(2)12-14-21)24-19-22(15-16-29(3,4)5)36-25(24)28(34)35-6;1-6-16-29-17-8-7-9-22(26(29)32)30(25(31)20-12-10-19(2)11-13-20)23-18-21(14-15-28(3,4)5)35-24(23)27(33)34;1-6-12-23-13-8-7-9-16(19(23)24)22-17-14-15(10-11-21(2,3)4)27-18(17)20(25)26-5;1-12(2,3)6-5-8-7-9(13)10(16-8)11(14)15-4/h19-21,23H,7-14,17-18H2,1-6H3;18-20,22H,6-13,16-17H2,1-5H3,(H,33,34);14,16,22H,6-9,12-13H2,1-5H3;7H,1-4H3/t20?,21?,23-;19?,20?,22-;16-;/m000./s1. The number of hydrogen-bond acceptors (Lipinski definition) is 17. The van der Waals surface area contributed by atoms with Gasteiger partial charge in [-0.3, -0.25) is 33.8 Å². The monoisotopic (exact) mass is 1700 g/mol. The minimum absolute atomic E-state index is 0.0174. The number of carboxylic acid groups (broad SMARTS) is 1. The highest BCUT2D eigenvalue weighted by Crippen LogP contribution is 2.42. The number of anilines is 3. The van der Waals surface area contributed by atoms with Crippen LogP contribution in [0.1, 0.15) is 304 Å². The predicted octanol–water partition coefficient (Wildman–Crippen LogP) is 19.5. The maximum absolute atomic E-state index is 14.2. The van der Waals surface area contributed by atoms with Gasteiger partial charge >= 0.3 is 23.9 Å². The van der Waals surface area contributed by atoms with Gasteiger partial charge in [-0.2, -0.15) is 0 Å². The van der Waals surface area contributed by atoms with Crippen LogP contribution in [0.5, 0.6) is 0 Å². The average molecular weight is 1710 g/mol. The van der Waals surface area contributed by atoms with Crippen LogP contribution in [0.4, 0.5) is 17.1 Å². The molecule has 7 heterocycles. The molecule has 4 aromatic heterocycles. The number of hydrogen-bond donors (Lipinski definition) is 2. The number of rotatable bonds is 18. The van der Waals surface area contributed by atoms with Crippen LogP contribution >= 0.6 is 61.3 Å². The van der Waals surface area contributed by atoms with E-state index in [1.54, 1.807) is 15.9 Å². The summed E-state index contributed by atoms with van der Waals surface area (Å²) in [5.41, 5.74) is 0.845. The molecule has 624 valence electrons. The van der Waals surface area contributed by atoms with E-state index in [-0.39, 0.29) is 79.9 Å². The Labute approximate surface area is 704 Å². The maximum Gasteiger partial charge on any atom is 0.350 e. The molecular formula is C90H125BrN6O13S4. The lowest BCUT2D eigenvalue weighted by molar-refractivity contribution is -0.135. The quantitative estimate of drug-likeness (QED) is 0.0536. The number of ether oxygens (including phenoxy) is 3. The summed E-state index contributed by atoms with van der Waals surface area (Å²) in [6.45, 7) is 39.3. The summed E-state index contributed by atoms with van der Waals surface area (Å²) in [5, 5.41) is 13.4. The Morgan fingerprint density at radius 2 is 0.781 bits per heavy atom. The van der Waals surface area contributed by atoms with Crippen molar-refractivity contribution < 1.29 is 62.5 Å². The molecule has 2 N–H and O–H groups in total. The Kier molecular flexibility index (Phi) is 37.0. The second-order valence-electron chi connectivity index (χ2n) is 34.6. The summed E-state index contributed by atoms with van der Waals surface area (Å²) < 4.78 is 15.4. The number of likely N-dealkylation sites (tertiary alicyclic amines) is 3. The third kappa shape index (κ3) is 29.0. The molecular weight excluding hydrogens is 1580 g/mol. The molecule has 0 unspecified atom stereocenters. The normalized spacial score (nSPS) is 20.1. The van der Waals surface area contributed by atoms with E-state index in [2.05, 4.69) is 101 Å². The zero-order chi connectivity index (χ0) is 84.6. The van der Waals surface area contributed by atoms with E-state index in [1.807, 2.05) is 123 Å². The van der Waals surface area contributed by atoms with Crippen LogP contribution in [-0.4, -0.2) is 152 Å². The van der Waals surface area contributed by atoms with Crippen molar-refractivity contribution in [1.29, 1.82) is 0 Å². The summed E-state index contributed by atoms with van der Waals surface area (Å²) in [6, 6.07) is 5.63. The lowest BCUT2D eigenvalue weighted by atomic mass is 9.82. The van der Waals surface area contributed by atoms with Crippen molar-refractivity contribution in [1.82, 2.24) is 14.7 Å². The summed E-state index contributed by atoms with van der Waals surface area (Å²) >= 11 is 8.29. The molecule has 5 amide bonds. The highest BCUT2D eigenvalue weighted by Gasteiger charge is 2.44. The Hall–Kier alpha value is -7.45. The molecule has 3 saturated heterocycles. The molecule has 4 aromatic rings. The van der Waals surface area contributed by atoms with Crippen molar-refractivity contribution in [2.45, 2.75) is 264 Å². The lowest BCUT2D eigenvalue weighted by Gasteiger charge is -2.36. The van der Waals surface area contributed by atoms with E-state index in [0.717, 1.165) is 154 Å². The van der Waals surface area contributed by atoms with Crippen molar-refractivity contribution >= 4 is 132 Å². The van der Waals surface area contributed by atoms with Gasteiger partial charge in [-0.15, -0.1) is 45.3 Å². The summed E-state index contributed by atoms with van der Waals surface area (Å²) in [7, 11) is 4.09. The SMILES string of the molecule is CCCN1CCCC[C@H](N(C(=O)C2CCC(C)CC2)c2cc(C#CC(C)(C)C)sc2C(=O)O)C1=O.CCCN1CCCC[C@H](N(C(=O)C2CCC(C)CC2)c2cc(C#CC(C)(C)C)sc2C(=O)OC)C1=O.CCCN1CCCC[C@H](Nc2cc(C#CC(C)(C)C)sc2C(=O)OC)C1=O.COC(=O)c1sc(C#CC(C)(C)C)cc1Br. The third-order valence-electron chi connectivity index (χ3n) is 19.8. The van der Waals surface area contributed by atoms with Crippen LogP contribution in [0.3, 0.4) is 0 Å². The first-order valence-electron chi connectivity index (χ1n) is 40.8. The highest BCUT2D eigenvalue weighted by molar-refractivity contribution is 9.10. The Morgan fingerprint density at radius 1 is 0.456 bits per heavy atom. The van der Waals surface area contributed by atoms with Crippen LogP contribution in [0.15, 0.2) is 28.7 Å². The number of carbonyl (C=O) groups is 9. The summed E-state index contributed by atoms with van der Waals surface area (Å²) in [4.78, 5) is 131. The van der Waals surface area contributed by atoms with Gasteiger partial charge in [0, 0.05) is 77.2 Å². The van der Waals surface area contributed by atoms with Gasteiger partial charge in [-0.05, 0) is 264 Å². The zero-order valence-electron chi connectivity index (χ0n) is 71.3. The minimum Gasteiger partial charge on any atom is -0.477 e. The van der Waals surface area contributed by atoms with Crippen LogP contribution in [-0.2, 0) is 38.2 Å². The van der Waals surface area contributed by atoms with Gasteiger partial charge < -0.3 is 39.3 Å². The number of amides is 5. The van der Waals surface area contributed by atoms with Crippen LogP contribution in [0, 0.1) is 92.7 Å². The van der Waals surface area contributed by atoms with Gasteiger partial charge in [-0.25, -0.2) is 19.2 Å². The Morgan fingerprint density at radius 3 is 1.16 bits per heavy atom. The molecule has 9 rings (SSSR count). The first-order chi connectivity index (χ1) is 53.6. The van der Waals surface area contributed by atoms with Crippen LogP contribution in [0.25, 0.3) is 0 Å². The fourth-order valence-corrected chi connectivity index (χ4v) is 18.2. The summed E-state index contributed by atoms with van der Waals surface area (Å²) in [5.74, 6) is 23.6. The second-order valence-corrected chi connectivity index (χ2v) is 39.7. The number of carbonyl (C=O) groups excluding carboxylic acids is 8. The van der Waals surface area contributed by atoms with E-state index in [1.165, 1.54) is 55.3 Å². The number of nitrogens with zero attached hydrogens (tertiary/aromatic N) is 5. The maximum atomic E-state index is 14.2. The molecule has 2 saturated carbocycles. The van der Waals surface area contributed by atoms with E-state index < -0.39 is 30.0 Å². The largest absolute Gasteiger partial charge is 0.477 e. The number of esters is 3. The van der Waals surface area contributed by atoms with Gasteiger partial charge in [0.25, 0.3) is 0 Å². The number of aromatic carboxylic acids is 1. The predicted molar refractivity (Wildman–Crippen MR) is 466 cm³/mol. The Bertz CT molecular complexity index is 4250. The molecule has 3 atom stereocenters. The first kappa shape index (κ1) is 95.4. The number of methoxy groups -OCH3 is 3. The Balaban J connectivity index is 0.000000245. The van der Waals surface area contributed by atoms with Gasteiger partial charge in [-0.1, -0.05) is 82.0 Å². The van der Waals surface area contributed by atoms with E-state index in [0.29, 0.717) is 92.3 Å². The van der Waals surface area contributed by atoms with Crippen molar-refractivity contribution in [3.8, 4) is 47.4 Å². The molecule has 0 radical (unpaired) electrons. The van der Waals surface area contributed by atoms with Crippen molar-refractivity contribution in [3.63, 3.8) is 0 Å². The van der Waals surface area contributed by atoms with Gasteiger partial charge in [0.15, 0.2) is 0 Å². The number of carboxylic acids is 1. The molecule has 114 heavy (non-hydrogen) atoms. The smallest absolute Gasteiger partial charge is 0.350 e. The molecule has 0 bridgehead atoms. The molecule has 2 aliphatic carbocycles. The molecule has 24 heteroatoms. The number of nitrogens with one attached hydrogen (secondary N) is 1. The van der Waals surface area contributed by atoms with Crippen molar-refractivity contribution in [2.24, 2.45) is 45.3 Å². The molecule has 3 aliphatic heterocycles. The molecule has 0 aromatic carbocycles. The molecule has 19 nitrogen and oxygen atoms in total. The molecule has 0 spiro atoms. The van der Waals surface area contributed by atoms with Crippen LogP contribution < -0.4 is 15.1 Å². The third-order valence-corrected chi connectivity index (χ3v) is 24.8. The van der Waals surface area contributed by atoms with Gasteiger partial charge in [0.05, 0.1) is 57.9 Å². The molecule has 5 aliphatic rings. The zero-order valence-corrected chi connectivity index (χ0v) is 76.2. The van der Waals surface area contributed by atoms with E-state index >= 15 is 0 Å². The van der Waals surface area contributed by atoms with Crippen molar-refractivity contribution in [3.05, 3.63) is 67.8 Å². The fourth-order valence-electron chi connectivity index (χ4n) is 13.9. The minimum atomic E-state index is -1.09. The van der Waals surface area contributed by atoms with Gasteiger partial charge in [0.2, 0.25) is 29.5 Å². The van der Waals surface area contributed by atoms with Crippen molar-refractivity contribution in [2.75, 3.05) is 75.7 Å². The van der Waals surface area contributed by atoms with E-state index in [9.17, 15) is 48.3 Å². The lowest BCUT2D eigenvalue weighted by Crippen LogP contribution is -2.52. The topological polar surface area (TPSA) is 230 Å². The number of halogens is 1. The average Bonchev–Trinajstić information content (AvgIpc) is 1.60. The second kappa shape index (κ2) is 44.2.